The van der Waals surface area contributed by atoms with Crippen molar-refractivity contribution in [1.82, 2.24) is 9.80 Å². The van der Waals surface area contributed by atoms with E-state index in [4.69, 9.17) is 0 Å². The number of benzene rings is 1. The molecule has 22 heavy (non-hydrogen) atoms. The van der Waals surface area contributed by atoms with E-state index in [1.807, 2.05) is 17.0 Å². The predicted octanol–water partition coefficient (Wildman–Crippen LogP) is 1.51. The first-order chi connectivity index (χ1) is 10.5. The monoisotopic (exact) mass is 303 g/mol. The second-order valence-corrected chi connectivity index (χ2v) is 5.74. The quantitative estimate of drug-likeness (QED) is 0.847. The van der Waals surface area contributed by atoms with Gasteiger partial charge in [0.2, 0.25) is 11.8 Å². The van der Waals surface area contributed by atoms with Crippen molar-refractivity contribution >= 4 is 17.5 Å². The molecule has 5 nitrogen and oxygen atoms in total. The lowest BCUT2D eigenvalue weighted by atomic mass is 10.2. The summed E-state index contributed by atoms with van der Waals surface area (Å²) in [6, 6.07) is 8.21. The first-order valence-electron chi connectivity index (χ1n) is 7.86. The number of anilines is 1. The number of carbonyl (C=O) groups excluding carboxylic acids is 2. The fourth-order valence-corrected chi connectivity index (χ4v) is 2.74. The Morgan fingerprint density at radius 2 is 1.77 bits per heavy atom. The van der Waals surface area contributed by atoms with E-state index in [1.165, 1.54) is 5.56 Å². The van der Waals surface area contributed by atoms with Gasteiger partial charge in [-0.1, -0.05) is 12.1 Å². The number of rotatable bonds is 4. The van der Waals surface area contributed by atoms with Crippen LogP contribution in [0.15, 0.2) is 24.3 Å². The topological polar surface area (TPSA) is 43.9 Å². The largest absolute Gasteiger partial charge is 0.362 e. The molecule has 0 saturated carbocycles. The fraction of sp³-hybridized carbons (Fsp3) is 0.529. The maximum absolute atomic E-state index is 12.5. The lowest BCUT2D eigenvalue weighted by Gasteiger charge is -2.35. The molecule has 0 spiro atoms. The number of amides is 2. The van der Waals surface area contributed by atoms with E-state index < -0.39 is 0 Å². The van der Waals surface area contributed by atoms with Crippen molar-refractivity contribution in [3.8, 4) is 0 Å². The molecule has 1 heterocycles. The van der Waals surface area contributed by atoms with Crippen LogP contribution in [0, 0.1) is 6.92 Å². The highest BCUT2D eigenvalue weighted by Crippen LogP contribution is 2.16. The smallest absolute Gasteiger partial charge is 0.242 e. The zero-order valence-corrected chi connectivity index (χ0v) is 13.7. The van der Waals surface area contributed by atoms with Crippen molar-refractivity contribution in [2.24, 2.45) is 0 Å². The predicted molar refractivity (Wildman–Crippen MR) is 87.9 cm³/mol. The number of carbonyl (C=O) groups is 2. The Hall–Kier alpha value is -2.04. The van der Waals surface area contributed by atoms with Gasteiger partial charge in [-0.15, -0.1) is 0 Å². The van der Waals surface area contributed by atoms with Gasteiger partial charge in [0.15, 0.2) is 0 Å². The van der Waals surface area contributed by atoms with Crippen LogP contribution < -0.4 is 4.90 Å². The third kappa shape index (κ3) is 4.00. The molecule has 5 heteroatoms. The Morgan fingerprint density at radius 3 is 2.32 bits per heavy atom. The molecular weight excluding hydrogens is 278 g/mol. The van der Waals surface area contributed by atoms with Gasteiger partial charge >= 0.3 is 0 Å². The van der Waals surface area contributed by atoms with Crippen LogP contribution in [0.5, 0.6) is 0 Å². The van der Waals surface area contributed by atoms with Gasteiger partial charge in [0.05, 0.1) is 6.54 Å². The van der Waals surface area contributed by atoms with Crippen molar-refractivity contribution in [3.05, 3.63) is 29.8 Å². The summed E-state index contributed by atoms with van der Waals surface area (Å²) in [6.45, 7) is 9.41. The average Bonchev–Trinajstić information content (AvgIpc) is 2.52. The van der Waals surface area contributed by atoms with Crippen LogP contribution in [0.4, 0.5) is 5.69 Å². The number of aryl methyl sites for hydroxylation is 1. The molecular formula is C17H25N3O2. The highest BCUT2D eigenvalue weighted by molar-refractivity contribution is 5.82. The van der Waals surface area contributed by atoms with Crippen LogP contribution in [0.1, 0.15) is 19.4 Å². The molecule has 1 aliphatic rings. The number of nitrogens with zero attached hydrogens (tertiary/aromatic N) is 3. The highest BCUT2D eigenvalue weighted by atomic mass is 16.2. The van der Waals surface area contributed by atoms with Crippen molar-refractivity contribution in [3.63, 3.8) is 0 Å². The minimum absolute atomic E-state index is 0.0852. The summed E-state index contributed by atoms with van der Waals surface area (Å²) in [6.07, 6.45) is 0. The Balaban J connectivity index is 1.94. The van der Waals surface area contributed by atoms with E-state index in [-0.39, 0.29) is 11.8 Å². The van der Waals surface area contributed by atoms with Crippen LogP contribution in [0.3, 0.4) is 0 Å². The molecule has 1 aromatic rings. The summed E-state index contributed by atoms with van der Waals surface area (Å²) in [5.74, 6) is 0.216. The lowest BCUT2D eigenvalue weighted by Crippen LogP contribution is -2.52. The van der Waals surface area contributed by atoms with Crippen molar-refractivity contribution in [2.75, 3.05) is 44.2 Å². The maximum atomic E-state index is 12.5. The fourth-order valence-electron chi connectivity index (χ4n) is 2.74. The van der Waals surface area contributed by atoms with Gasteiger partial charge in [-0.3, -0.25) is 9.59 Å². The number of hydrogen-bond acceptors (Lipinski definition) is 3. The molecule has 1 aromatic carbocycles. The van der Waals surface area contributed by atoms with Crippen LogP contribution in [0.2, 0.25) is 0 Å². The van der Waals surface area contributed by atoms with Crippen LogP contribution >= 0.6 is 0 Å². The van der Waals surface area contributed by atoms with Crippen LogP contribution in [0.25, 0.3) is 0 Å². The van der Waals surface area contributed by atoms with Gasteiger partial charge in [0.25, 0.3) is 0 Å². The second kappa shape index (κ2) is 7.29. The van der Waals surface area contributed by atoms with E-state index >= 15 is 0 Å². The second-order valence-electron chi connectivity index (χ2n) is 5.74. The summed E-state index contributed by atoms with van der Waals surface area (Å²) in [7, 11) is 0. The van der Waals surface area contributed by atoms with Gasteiger partial charge in [0.1, 0.15) is 0 Å². The van der Waals surface area contributed by atoms with Crippen LogP contribution in [-0.4, -0.2) is 60.9 Å². The van der Waals surface area contributed by atoms with E-state index in [0.717, 1.165) is 12.2 Å². The molecule has 0 atom stereocenters. The maximum Gasteiger partial charge on any atom is 0.242 e. The Morgan fingerprint density at radius 1 is 1.14 bits per heavy atom. The summed E-state index contributed by atoms with van der Waals surface area (Å²) < 4.78 is 0. The van der Waals surface area contributed by atoms with Gasteiger partial charge in [0, 0.05) is 45.3 Å². The third-order valence-electron chi connectivity index (χ3n) is 4.15. The molecule has 120 valence electrons. The molecule has 0 aliphatic carbocycles. The summed E-state index contributed by atoms with van der Waals surface area (Å²) in [4.78, 5) is 29.6. The van der Waals surface area contributed by atoms with E-state index in [9.17, 15) is 9.59 Å². The lowest BCUT2D eigenvalue weighted by molar-refractivity contribution is -0.137. The van der Waals surface area contributed by atoms with E-state index in [1.54, 1.807) is 11.8 Å². The molecule has 1 fully saturated rings. The van der Waals surface area contributed by atoms with Gasteiger partial charge < -0.3 is 14.7 Å². The summed E-state index contributed by atoms with van der Waals surface area (Å²) in [5, 5.41) is 0. The molecule has 0 radical (unpaired) electrons. The normalized spacial score (nSPS) is 14.9. The average molecular weight is 303 g/mol. The van der Waals surface area contributed by atoms with Gasteiger partial charge in [-0.05, 0) is 31.5 Å². The van der Waals surface area contributed by atoms with E-state index in [2.05, 4.69) is 30.9 Å². The number of likely N-dealkylation sites (N-methyl/N-ethyl adjacent to an activating group) is 1. The summed E-state index contributed by atoms with van der Waals surface area (Å²) >= 11 is 0. The third-order valence-corrected chi connectivity index (χ3v) is 4.15. The molecule has 0 bridgehead atoms. The minimum atomic E-state index is 0.0852. The van der Waals surface area contributed by atoms with Crippen molar-refractivity contribution < 1.29 is 9.59 Å². The van der Waals surface area contributed by atoms with Crippen molar-refractivity contribution in [1.29, 1.82) is 0 Å². The molecule has 0 N–H and O–H groups in total. The van der Waals surface area contributed by atoms with Crippen molar-refractivity contribution in [2.45, 2.75) is 20.8 Å². The molecule has 1 aliphatic heterocycles. The zero-order chi connectivity index (χ0) is 16.1. The first kappa shape index (κ1) is 16.3. The Bertz CT molecular complexity index is 536. The standard InChI is InChI=1S/C17H25N3O2/c1-4-18(16-7-5-6-14(2)12-16)13-17(22)20-10-8-19(9-11-20)15(3)21/h5-7,12H,4,8-11,13H2,1-3H3. The summed E-state index contributed by atoms with van der Waals surface area (Å²) in [5.41, 5.74) is 2.27. The first-order valence-corrected chi connectivity index (χ1v) is 7.86. The molecule has 0 unspecified atom stereocenters. The Kier molecular flexibility index (Phi) is 5.41. The highest BCUT2D eigenvalue weighted by Gasteiger charge is 2.23. The zero-order valence-electron chi connectivity index (χ0n) is 13.7. The molecule has 1 saturated heterocycles. The van der Waals surface area contributed by atoms with Gasteiger partial charge in [-0.2, -0.15) is 0 Å². The molecule has 2 amide bonds. The van der Waals surface area contributed by atoms with E-state index in [0.29, 0.717) is 32.7 Å². The number of hydrogen-bond donors (Lipinski definition) is 0. The number of piperazine rings is 1. The van der Waals surface area contributed by atoms with Crippen LogP contribution in [-0.2, 0) is 9.59 Å². The van der Waals surface area contributed by atoms with Gasteiger partial charge in [-0.25, -0.2) is 0 Å². The molecule has 2 rings (SSSR count). The minimum Gasteiger partial charge on any atom is -0.362 e. The Labute approximate surface area is 132 Å². The SMILES string of the molecule is CCN(CC(=O)N1CCN(C(C)=O)CC1)c1cccc(C)c1. The molecule has 0 aromatic heterocycles.